The summed E-state index contributed by atoms with van der Waals surface area (Å²) in [5.41, 5.74) is 4.60. The van der Waals surface area contributed by atoms with Gasteiger partial charge in [-0.3, -0.25) is 0 Å². The van der Waals surface area contributed by atoms with Gasteiger partial charge in [-0.25, -0.2) is 0 Å². The molecule has 0 saturated heterocycles. The summed E-state index contributed by atoms with van der Waals surface area (Å²) >= 11 is 0. The van der Waals surface area contributed by atoms with Gasteiger partial charge in [0.05, 0.1) is 11.2 Å². The number of nitrogens with zero attached hydrogens (tertiary/aromatic N) is 3. The van der Waals surface area contributed by atoms with Gasteiger partial charge < -0.3 is 0 Å². The molecule has 0 unspecified atom stereocenters. The second kappa shape index (κ2) is 4.19. The van der Waals surface area contributed by atoms with Crippen LogP contribution in [0.4, 0.5) is 0 Å². The Balaban J connectivity index is 2.02. The maximum absolute atomic E-state index is 4.48. The van der Waals surface area contributed by atoms with Crippen LogP contribution in [-0.4, -0.2) is 14.8 Å². The molecule has 0 spiro atoms. The Morgan fingerprint density at radius 3 is 2.37 bits per heavy atom. The maximum atomic E-state index is 4.48. The van der Waals surface area contributed by atoms with Crippen LogP contribution in [0.1, 0.15) is 26.3 Å². The highest BCUT2D eigenvalue weighted by Crippen LogP contribution is 2.25. The first-order valence-corrected chi connectivity index (χ1v) is 6.46. The van der Waals surface area contributed by atoms with Gasteiger partial charge in [0, 0.05) is 11.8 Å². The Kier molecular flexibility index (Phi) is 2.63. The van der Waals surface area contributed by atoms with Gasteiger partial charge in [0.2, 0.25) is 0 Å². The van der Waals surface area contributed by atoms with Crippen molar-refractivity contribution in [1.29, 1.82) is 0 Å². The van der Waals surface area contributed by atoms with E-state index in [4.69, 9.17) is 0 Å². The molecule has 2 heterocycles. The molecule has 0 aliphatic heterocycles. The molecule has 0 N–H and O–H groups in total. The average molecular weight is 251 g/mol. The summed E-state index contributed by atoms with van der Waals surface area (Å²) in [7, 11) is 0. The molecule has 0 fully saturated rings. The molecule has 3 rings (SSSR count). The fourth-order valence-corrected chi connectivity index (χ4v) is 2.12. The quantitative estimate of drug-likeness (QED) is 0.660. The van der Waals surface area contributed by atoms with E-state index < -0.39 is 0 Å². The van der Waals surface area contributed by atoms with Crippen LogP contribution in [-0.2, 0) is 5.41 Å². The number of aromatic nitrogens is 3. The first-order valence-electron chi connectivity index (χ1n) is 6.46. The summed E-state index contributed by atoms with van der Waals surface area (Å²) in [6, 6.07) is 14.6. The molecule has 2 aromatic heterocycles. The SMILES string of the molecule is CC(C)(C)c1ccc(-c2cc3cccnn3n2)cc1. The Labute approximate surface area is 112 Å². The molecule has 96 valence electrons. The molecule has 0 saturated carbocycles. The van der Waals surface area contributed by atoms with E-state index in [1.807, 2.05) is 12.1 Å². The van der Waals surface area contributed by atoms with Gasteiger partial charge in [-0.2, -0.15) is 9.73 Å². The molecular formula is C16H17N3. The monoisotopic (exact) mass is 251 g/mol. The topological polar surface area (TPSA) is 30.2 Å². The predicted octanol–water partition coefficient (Wildman–Crippen LogP) is 3.69. The summed E-state index contributed by atoms with van der Waals surface area (Å²) in [5.74, 6) is 0. The third-order valence-electron chi connectivity index (χ3n) is 3.29. The first kappa shape index (κ1) is 11.9. The van der Waals surface area contributed by atoms with E-state index in [2.05, 4.69) is 61.3 Å². The molecule has 0 aliphatic rings. The van der Waals surface area contributed by atoms with Crippen LogP contribution in [0.3, 0.4) is 0 Å². The molecular weight excluding hydrogens is 234 g/mol. The van der Waals surface area contributed by atoms with Crippen molar-refractivity contribution in [3.05, 3.63) is 54.2 Å². The minimum absolute atomic E-state index is 0.180. The standard InChI is InChI=1S/C16H17N3/c1-16(2,3)13-8-6-12(7-9-13)15-11-14-5-4-10-17-19(14)18-15/h4-11H,1-3H3. The lowest BCUT2D eigenvalue weighted by molar-refractivity contribution is 0.590. The van der Waals surface area contributed by atoms with Gasteiger partial charge >= 0.3 is 0 Å². The van der Waals surface area contributed by atoms with Gasteiger partial charge in [-0.1, -0.05) is 45.0 Å². The third kappa shape index (κ3) is 2.24. The summed E-state index contributed by atoms with van der Waals surface area (Å²) in [4.78, 5) is 0. The lowest BCUT2D eigenvalue weighted by atomic mass is 9.86. The Hall–Kier alpha value is -2.16. The summed E-state index contributed by atoms with van der Waals surface area (Å²) in [6.45, 7) is 6.66. The van der Waals surface area contributed by atoms with Crippen LogP contribution >= 0.6 is 0 Å². The Morgan fingerprint density at radius 2 is 1.74 bits per heavy atom. The number of fused-ring (bicyclic) bond motifs is 1. The smallest absolute Gasteiger partial charge is 0.0951 e. The van der Waals surface area contributed by atoms with Crippen molar-refractivity contribution in [3.8, 4) is 11.3 Å². The van der Waals surface area contributed by atoms with Crippen LogP contribution in [0.25, 0.3) is 16.8 Å². The first-order chi connectivity index (χ1) is 9.04. The minimum atomic E-state index is 0.180. The number of hydrogen-bond acceptors (Lipinski definition) is 2. The fourth-order valence-electron chi connectivity index (χ4n) is 2.12. The highest BCUT2D eigenvalue weighted by Gasteiger charge is 2.13. The lowest BCUT2D eigenvalue weighted by Gasteiger charge is -2.18. The summed E-state index contributed by atoms with van der Waals surface area (Å²) in [5, 5.41) is 8.67. The van der Waals surface area contributed by atoms with Gasteiger partial charge in [0.1, 0.15) is 0 Å². The molecule has 0 radical (unpaired) electrons. The summed E-state index contributed by atoms with van der Waals surface area (Å²) < 4.78 is 1.66. The van der Waals surface area contributed by atoms with E-state index in [0.717, 1.165) is 16.8 Å². The largest absolute Gasteiger partial charge is 0.159 e. The van der Waals surface area contributed by atoms with E-state index in [9.17, 15) is 0 Å². The van der Waals surface area contributed by atoms with E-state index >= 15 is 0 Å². The minimum Gasteiger partial charge on any atom is -0.159 e. The van der Waals surface area contributed by atoms with Crippen molar-refractivity contribution in [2.75, 3.05) is 0 Å². The van der Waals surface area contributed by atoms with E-state index in [-0.39, 0.29) is 5.41 Å². The van der Waals surface area contributed by atoms with Crippen LogP contribution < -0.4 is 0 Å². The number of hydrogen-bond donors (Lipinski definition) is 0. The van der Waals surface area contributed by atoms with Crippen molar-refractivity contribution in [3.63, 3.8) is 0 Å². The van der Waals surface area contributed by atoms with Crippen molar-refractivity contribution in [1.82, 2.24) is 14.8 Å². The fraction of sp³-hybridized carbons (Fsp3) is 0.250. The normalized spacial score (nSPS) is 11.9. The zero-order chi connectivity index (χ0) is 13.5. The van der Waals surface area contributed by atoms with E-state index in [1.54, 1.807) is 10.8 Å². The molecule has 3 nitrogen and oxygen atoms in total. The molecule has 0 aliphatic carbocycles. The lowest BCUT2D eigenvalue weighted by Crippen LogP contribution is -2.10. The van der Waals surface area contributed by atoms with E-state index in [0.29, 0.717) is 0 Å². The third-order valence-corrected chi connectivity index (χ3v) is 3.29. The molecule has 3 aromatic rings. The number of benzene rings is 1. The van der Waals surface area contributed by atoms with Crippen molar-refractivity contribution in [2.24, 2.45) is 0 Å². The molecule has 1 aromatic carbocycles. The van der Waals surface area contributed by atoms with Crippen molar-refractivity contribution >= 4 is 5.52 Å². The Morgan fingerprint density at radius 1 is 1.00 bits per heavy atom. The second-order valence-electron chi connectivity index (χ2n) is 5.79. The van der Waals surface area contributed by atoms with Crippen molar-refractivity contribution < 1.29 is 0 Å². The van der Waals surface area contributed by atoms with Gasteiger partial charge in [0.25, 0.3) is 0 Å². The predicted molar refractivity (Wildman–Crippen MR) is 77.1 cm³/mol. The maximum Gasteiger partial charge on any atom is 0.0951 e. The molecule has 0 bridgehead atoms. The highest BCUT2D eigenvalue weighted by atomic mass is 15.4. The molecule has 0 atom stereocenters. The van der Waals surface area contributed by atoms with Crippen LogP contribution in [0.2, 0.25) is 0 Å². The number of rotatable bonds is 1. The van der Waals surface area contributed by atoms with Crippen LogP contribution in [0, 0.1) is 0 Å². The molecule has 19 heavy (non-hydrogen) atoms. The zero-order valence-electron chi connectivity index (χ0n) is 11.5. The van der Waals surface area contributed by atoms with Gasteiger partial charge in [-0.05, 0) is 29.2 Å². The van der Waals surface area contributed by atoms with Crippen molar-refractivity contribution in [2.45, 2.75) is 26.2 Å². The molecule has 0 amide bonds. The Bertz CT molecular complexity index is 670. The van der Waals surface area contributed by atoms with Gasteiger partial charge in [0.15, 0.2) is 0 Å². The second-order valence-corrected chi connectivity index (χ2v) is 5.79. The van der Waals surface area contributed by atoms with Gasteiger partial charge in [-0.15, -0.1) is 5.10 Å². The van der Waals surface area contributed by atoms with Crippen LogP contribution in [0.15, 0.2) is 48.7 Å². The van der Waals surface area contributed by atoms with Crippen LogP contribution in [0.5, 0.6) is 0 Å². The van der Waals surface area contributed by atoms with E-state index in [1.165, 1.54) is 5.56 Å². The summed E-state index contributed by atoms with van der Waals surface area (Å²) in [6.07, 6.45) is 1.74. The molecule has 3 heteroatoms. The zero-order valence-corrected chi connectivity index (χ0v) is 11.5. The highest BCUT2D eigenvalue weighted by molar-refractivity contribution is 5.65. The average Bonchev–Trinajstić information content (AvgIpc) is 2.81.